The van der Waals surface area contributed by atoms with E-state index in [9.17, 15) is 4.79 Å². The molecule has 1 aliphatic rings. The number of hydrogen-bond donors (Lipinski definition) is 1. The number of anilines is 1. The van der Waals surface area contributed by atoms with Crippen molar-refractivity contribution < 1.29 is 4.79 Å². The van der Waals surface area contributed by atoms with Gasteiger partial charge in [-0.25, -0.2) is 0 Å². The third-order valence-corrected chi connectivity index (χ3v) is 4.45. The molecule has 1 amide bonds. The molecule has 5 heteroatoms. The second kappa shape index (κ2) is 4.53. The first kappa shape index (κ1) is 12.0. The highest BCUT2D eigenvalue weighted by Gasteiger charge is 2.24. The Hall–Kier alpha value is -1.10. The summed E-state index contributed by atoms with van der Waals surface area (Å²) in [5.74, 6) is -0.0863. The molecule has 2 aromatic rings. The van der Waals surface area contributed by atoms with Crippen LogP contribution < -0.4 is 5.32 Å². The second-order valence-electron chi connectivity index (χ2n) is 3.84. The fraction of sp³-hybridized carbons (Fsp3) is 0. The smallest absolute Gasteiger partial charge is 0.256 e. The highest BCUT2D eigenvalue weighted by atomic mass is 79.9. The van der Waals surface area contributed by atoms with Crippen LogP contribution in [0.25, 0.3) is 11.6 Å². The van der Waals surface area contributed by atoms with Gasteiger partial charge in [0.2, 0.25) is 0 Å². The molecule has 2 heterocycles. The molecule has 0 atom stereocenters. The molecule has 18 heavy (non-hydrogen) atoms. The molecule has 0 bridgehead atoms. The van der Waals surface area contributed by atoms with E-state index in [4.69, 9.17) is 11.6 Å². The van der Waals surface area contributed by atoms with Gasteiger partial charge in [-0.1, -0.05) is 11.6 Å². The lowest BCUT2D eigenvalue weighted by molar-refractivity contribution is -0.110. The molecule has 0 spiro atoms. The van der Waals surface area contributed by atoms with Gasteiger partial charge in [-0.05, 0) is 52.3 Å². The Labute approximate surface area is 121 Å². The Morgan fingerprint density at radius 2 is 2.11 bits per heavy atom. The first-order chi connectivity index (χ1) is 8.63. The van der Waals surface area contributed by atoms with E-state index in [2.05, 4.69) is 21.2 Å². The molecule has 0 fully saturated rings. The van der Waals surface area contributed by atoms with Crippen LogP contribution in [0, 0.1) is 0 Å². The zero-order chi connectivity index (χ0) is 12.7. The Balaban J connectivity index is 2.11. The minimum absolute atomic E-state index is 0.0863. The minimum atomic E-state index is -0.0863. The predicted molar refractivity (Wildman–Crippen MR) is 80.0 cm³/mol. The van der Waals surface area contributed by atoms with Crippen molar-refractivity contribution in [2.75, 3.05) is 5.32 Å². The highest BCUT2D eigenvalue weighted by molar-refractivity contribution is 9.11. The summed E-state index contributed by atoms with van der Waals surface area (Å²) in [7, 11) is 0. The molecular weight excluding hydrogens is 334 g/mol. The van der Waals surface area contributed by atoms with E-state index in [0.29, 0.717) is 10.6 Å². The topological polar surface area (TPSA) is 29.1 Å². The molecule has 0 aliphatic carbocycles. The first-order valence-electron chi connectivity index (χ1n) is 5.22. The number of hydrogen-bond acceptors (Lipinski definition) is 2. The van der Waals surface area contributed by atoms with E-state index in [-0.39, 0.29) is 5.91 Å². The van der Waals surface area contributed by atoms with Crippen molar-refractivity contribution in [3.8, 4) is 0 Å². The standard InChI is InChI=1S/C13H7BrClNOS/c14-12-4-2-8(18-12)6-10-9-5-7(15)1-3-11(9)16-13(10)17/h1-6H,(H,16,17). The van der Waals surface area contributed by atoms with Crippen molar-refractivity contribution in [1.82, 2.24) is 0 Å². The molecule has 3 rings (SSSR count). The van der Waals surface area contributed by atoms with Crippen LogP contribution >= 0.6 is 38.9 Å². The van der Waals surface area contributed by atoms with E-state index in [0.717, 1.165) is 19.9 Å². The second-order valence-corrected chi connectivity index (χ2v) is 6.77. The van der Waals surface area contributed by atoms with Crippen molar-refractivity contribution in [3.05, 3.63) is 49.6 Å². The maximum Gasteiger partial charge on any atom is 0.256 e. The van der Waals surface area contributed by atoms with Crippen molar-refractivity contribution in [1.29, 1.82) is 0 Å². The van der Waals surface area contributed by atoms with Gasteiger partial charge in [0.1, 0.15) is 0 Å². The Morgan fingerprint density at radius 3 is 2.83 bits per heavy atom. The van der Waals surface area contributed by atoms with Crippen LogP contribution in [-0.2, 0) is 4.79 Å². The lowest BCUT2D eigenvalue weighted by Crippen LogP contribution is -2.03. The Morgan fingerprint density at radius 1 is 1.28 bits per heavy atom. The van der Waals surface area contributed by atoms with Gasteiger partial charge in [-0.3, -0.25) is 4.79 Å². The summed E-state index contributed by atoms with van der Waals surface area (Å²) >= 11 is 11.0. The summed E-state index contributed by atoms with van der Waals surface area (Å²) in [6, 6.07) is 9.33. The van der Waals surface area contributed by atoms with Crippen LogP contribution in [0.3, 0.4) is 0 Å². The Bertz CT molecular complexity index is 677. The first-order valence-corrected chi connectivity index (χ1v) is 7.20. The summed E-state index contributed by atoms with van der Waals surface area (Å²) in [6.45, 7) is 0. The average molecular weight is 341 g/mol. The maximum absolute atomic E-state index is 11.9. The average Bonchev–Trinajstić information content (AvgIpc) is 2.86. The van der Waals surface area contributed by atoms with Gasteiger partial charge < -0.3 is 5.32 Å². The van der Waals surface area contributed by atoms with Gasteiger partial charge in [-0.2, -0.15) is 0 Å². The number of benzene rings is 1. The van der Waals surface area contributed by atoms with Crippen molar-refractivity contribution >= 4 is 62.1 Å². The Kier molecular flexibility index (Phi) is 3.01. The monoisotopic (exact) mass is 339 g/mol. The van der Waals surface area contributed by atoms with Gasteiger partial charge in [0.15, 0.2) is 0 Å². The van der Waals surface area contributed by atoms with Crippen molar-refractivity contribution in [3.63, 3.8) is 0 Å². The zero-order valence-electron chi connectivity index (χ0n) is 9.04. The number of carbonyl (C=O) groups excluding carboxylic acids is 1. The van der Waals surface area contributed by atoms with E-state index in [1.54, 1.807) is 17.4 Å². The molecule has 1 aromatic carbocycles. The lowest BCUT2D eigenvalue weighted by Gasteiger charge is -1.98. The molecule has 0 saturated carbocycles. The third-order valence-electron chi connectivity index (χ3n) is 2.65. The summed E-state index contributed by atoms with van der Waals surface area (Å²) < 4.78 is 1.04. The normalized spacial score (nSPS) is 15.9. The SMILES string of the molecule is O=C1Nc2ccc(Cl)cc2C1=Cc1ccc(Br)s1. The summed E-state index contributed by atoms with van der Waals surface area (Å²) in [5.41, 5.74) is 2.32. The van der Waals surface area contributed by atoms with Gasteiger partial charge in [0.25, 0.3) is 5.91 Å². The fourth-order valence-electron chi connectivity index (χ4n) is 1.85. The number of fused-ring (bicyclic) bond motifs is 1. The van der Waals surface area contributed by atoms with Crippen LogP contribution in [0.1, 0.15) is 10.4 Å². The number of carbonyl (C=O) groups is 1. The quantitative estimate of drug-likeness (QED) is 0.752. The molecule has 1 aliphatic heterocycles. The maximum atomic E-state index is 11.9. The van der Waals surface area contributed by atoms with E-state index in [1.807, 2.05) is 30.3 Å². The van der Waals surface area contributed by atoms with Gasteiger partial charge in [-0.15, -0.1) is 11.3 Å². The van der Waals surface area contributed by atoms with Crippen LogP contribution in [0.5, 0.6) is 0 Å². The fourth-order valence-corrected chi connectivity index (χ4v) is 3.39. The highest BCUT2D eigenvalue weighted by Crippen LogP contribution is 2.36. The molecule has 2 nitrogen and oxygen atoms in total. The van der Waals surface area contributed by atoms with Crippen molar-refractivity contribution in [2.45, 2.75) is 0 Å². The number of nitrogens with one attached hydrogen (secondary N) is 1. The number of halogens is 2. The van der Waals surface area contributed by atoms with Gasteiger partial charge >= 0.3 is 0 Å². The lowest BCUT2D eigenvalue weighted by atomic mass is 10.1. The van der Waals surface area contributed by atoms with Crippen LogP contribution in [-0.4, -0.2) is 5.91 Å². The van der Waals surface area contributed by atoms with Crippen LogP contribution in [0.4, 0.5) is 5.69 Å². The van der Waals surface area contributed by atoms with Crippen molar-refractivity contribution in [2.24, 2.45) is 0 Å². The van der Waals surface area contributed by atoms with Gasteiger partial charge in [0.05, 0.1) is 9.36 Å². The largest absolute Gasteiger partial charge is 0.321 e. The number of amides is 1. The summed E-state index contributed by atoms with van der Waals surface area (Å²) in [5, 5.41) is 3.46. The van der Waals surface area contributed by atoms with Gasteiger partial charge in [0, 0.05) is 21.2 Å². The summed E-state index contributed by atoms with van der Waals surface area (Å²) in [6.07, 6.45) is 1.88. The van der Waals surface area contributed by atoms with E-state index in [1.165, 1.54) is 0 Å². The molecule has 1 aromatic heterocycles. The zero-order valence-corrected chi connectivity index (χ0v) is 12.2. The van der Waals surface area contributed by atoms with E-state index < -0.39 is 0 Å². The molecule has 1 N–H and O–H groups in total. The molecule has 90 valence electrons. The number of rotatable bonds is 1. The number of thiophene rings is 1. The molecule has 0 radical (unpaired) electrons. The summed E-state index contributed by atoms with van der Waals surface area (Å²) in [4.78, 5) is 13.0. The molecule has 0 unspecified atom stereocenters. The third kappa shape index (κ3) is 2.11. The predicted octanol–water partition coefficient (Wildman–Crippen LogP) is 4.66. The van der Waals surface area contributed by atoms with Crippen LogP contribution in [0.2, 0.25) is 5.02 Å². The van der Waals surface area contributed by atoms with Crippen LogP contribution in [0.15, 0.2) is 34.1 Å². The van der Waals surface area contributed by atoms with E-state index >= 15 is 0 Å². The minimum Gasteiger partial charge on any atom is -0.321 e. The molecule has 0 saturated heterocycles. The molecular formula is C13H7BrClNOS.